The normalized spacial score (nSPS) is 13.5. The zero-order valence-electron chi connectivity index (χ0n) is 12.0. The van der Waals surface area contributed by atoms with Gasteiger partial charge in [0.1, 0.15) is 0 Å². The number of hydrogen-bond donors (Lipinski definition) is 0. The van der Waals surface area contributed by atoms with Gasteiger partial charge in [0.05, 0.1) is 7.11 Å². The summed E-state index contributed by atoms with van der Waals surface area (Å²) in [6.07, 6.45) is 4.78. The summed E-state index contributed by atoms with van der Waals surface area (Å²) < 4.78 is 9.79. The topological polar surface area (TPSA) is 35.5 Å². The molecule has 3 nitrogen and oxygen atoms in total. The summed E-state index contributed by atoms with van der Waals surface area (Å²) in [7, 11) is 3.18. The molecule has 0 aromatic heterocycles. The number of carbonyl (C=O) groups excluding carboxylic acids is 1. The fourth-order valence-corrected chi connectivity index (χ4v) is 2.14. The van der Waals surface area contributed by atoms with Gasteiger partial charge in [-0.3, -0.25) is 4.79 Å². The average Bonchev–Trinajstić information content (AvgIpc) is 2.23. The first-order chi connectivity index (χ1) is 7.89. The van der Waals surface area contributed by atoms with Crippen LogP contribution in [0, 0.1) is 11.3 Å². The minimum atomic E-state index is -0.105. The van der Waals surface area contributed by atoms with Gasteiger partial charge in [-0.15, -0.1) is 0 Å². The average molecular weight is 244 g/mol. The van der Waals surface area contributed by atoms with E-state index in [9.17, 15) is 4.79 Å². The van der Waals surface area contributed by atoms with Gasteiger partial charge in [-0.25, -0.2) is 0 Å². The molecule has 3 heteroatoms. The van der Waals surface area contributed by atoms with Gasteiger partial charge in [-0.2, -0.15) is 0 Å². The van der Waals surface area contributed by atoms with Crippen molar-refractivity contribution in [1.82, 2.24) is 0 Å². The summed E-state index contributed by atoms with van der Waals surface area (Å²) in [5.41, 5.74) is 0.337. The SMILES string of the molecule is COCC[C@H](CCCC(=O)OC)CC(C)(C)C. The second kappa shape index (κ2) is 8.51. The van der Waals surface area contributed by atoms with Gasteiger partial charge in [0.2, 0.25) is 0 Å². The third-order valence-electron chi connectivity index (χ3n) is 2.85. The lowest BCUT2D eigenvalue weighted by molar-refractivity contribution is -0.140. The van der Waals surface area contributed by atoms with Crippen LogP contribution in [0.2, 0.25) is 0 Å². The molecule has 0 N–H and O–H groups in total. The Hall–Kier alpha value is -0.570. The van der Waals surface area contributed by atoms with Crippen molar-refractivity contribution in [2.45, 2.75) is 52.9 Å². The van der Waals surface area contributed by atoms with Crippen LogP contribution in [0.15, 0.2) is 0 Å². The summed E-state index contributed by atoms with van der Waals surface area (Å²) in [4.78, 5) is 11.0. The Kier molecular flexibility index (Phi) is 8.23. The van der Waals surface area contributed by atoms with Gasteiger partial charge < -0.3 is 9.47 Å². The zero-order chi connectivity index (χ0) is 13.3. The van der Waals surface area contributed by atoms with Gasteiger partial charge in [0.15, 0.2) is 0 Å². The number of carbonyl (C=O) groups is 1. The predicted molar refractivity (Wildman–Crippen MR) is 69.9 cm³/mol. The molecule has 1 atom stereocenters. The van der Waals surface area contributed by atoms with Crippen molar-refractivity contribution >= 4 is 5.97 Å². The molecule has 102 valence electrons. The second-order valence-corrected chi connectivity index (χ2v) is 5.88. The van der Waals surface area contributed by atoms with Gasteiger partial charge in [-0.05, 0) is 37.0 Å². The lowest BCUT2D eigenvalue weighted by Crippen LogP contribution is -2.15. The summed E-state index contributed by atoms with van der Waals surface area (Å²) in [6.45, 7) is 7.58. The smallest absolute Gasteiger partial charge is 0.305 e. The van der Waals surface area contributed by atoms with E-state index in [2.05, 4.69) is 25.5 Å². The van der Waals surface area contributed by atoms with Crippen LogP contribution in [-0.4, -0.2) is 26.8 Å². The molecule has 0 rings (SSSR count). The van der Waals surface area contributed by atoms with Crippen molar-refractivity contribution in [2.24, 2.45) is 11.3 Å². The minimum Gasteiger partial charge on any atom is -0.469 e. The Morgan fingerprint density at radius 1 is 1.18 bits per heavy atom. The van der Waals surface area contributed by atoms with E-state index in [0.717, 1.165) is 25.9 Å². The third-order valence-corrected chi connectivity index (χ3v) is 2.85. The molecule has 0 saturated carbocycles. The molecule has 0 saturated heterocycles. The Balaban J connectivity index is 3.97. The third kappa shape index (κ3) is 10.3. The van der Waals surface area contributed by atoms with E-state index in [4.69, 9.17) is 4.74 Å². The van der Waals surface area contributed by atoms with Crippen LogP contribution in [0.5, 0.6) is 0 Å². The molecule has 0 unspecified atom stereocenters. The van der Waals surface area contributed by atoms with E-state index in [1.807, 2.05) is 0 Å². The van der Waals surface area contributed by atoms with E-state index >= 15 is 0 Å². The van der Waals surface area contributed by atoms with Crippen LogP contribution in [-0.2, 0) is 14.3 Å². The number of ether oxygens (including phenoxy) is 2. The van der Waals surface area contributed by atoms with Crippen LogP contribution in [0.25, 0.3) is 0 Å². The molecule has 0 aromatic carbocycles. The lowest BCUT2D eigenvalue weighted by atomic mass is 9.81. The van der Waals surface area contributed by atoms with Crippen molar-refractivity contribution in [3.05, 3.63) is 0 Å². The van der Waals surface area contributed by atoms with E-state index in [1.54, 1.807) is 7.11 Å². The molecule has 0 aliphatic carbocycles. The Labute approximate surface area is 106 Å². The number of hydrogen-bond acceptors (Lipinski definition) is 3. The van der Waals surface area contributed by atoms with Gasteiger partial charge >= 0.3 is 5.97 Å². The van der Waals surface area contributed by atoms with Crippen molar-refractivity contribution in [3.63, 3.8) is 0 Å². The highest BCUT2D eigenvalue weighted by atomic mass is 16.5. The number of esters is 1. The lowest BCUT2D eigenvalue weighted by Gasteiger charge is -2.25. The number of rotatable bonds is 8. The first-order valence-electron chi connectivity index (χ1n) is 6.45. The molecule has 0 fully saturated rings. The number of methoxy groups -OCH3 is 2. The van der Waals surface area contributed by atoms with E-state index < -0.39 is 0 Å². The molecule has 0 aliphatic rings. The maximum absolute atomic E-state index is 11.0. The summed E-state index contributed by atoms with van der Waals surface area (Å²) in [5, 5.41) is 0. The van der Waals surface area contributed by atoms with Gasteiger partial charge in [0.25, 0.3) is 0 Å². The summed E-state index contributed by atoms with van der Waals surface area (Å²) in [5.74, 6) is 0.533. The second-order valence-electron chi connectivity index (χ2n) is 5.88. The van der Waals surface area contributed by atoms with Gasteiger partial charge in [-0.1, -0.05) is 20.8 Å². The molecular formula is C14H28O3. The molecule has 0 aliphatic heterocycles. The Bertz CT molecular complexity index is 206. The van der Waals surface area contributed by atoms with Crippen molar-refractivity contribution in [1.29, 1.82) is 0 Å². The van der Waals surface area contributed by atoms with Crippen molar-refractivity contribution in [3.8, 4) is 0 Å². The molecule has 0 spiro atoms. The molecular weight excluding hydrogens is 216 g/mol. The maximum Gasteiger partial charge on any atom is 0.305 e. The van der Waals surface area contributed by atoms with E-state index in [-0.39, 0.29) is 5.97 Å². The molecule has 0 heterocycles. The maximum atomic E-state index is 11.0. The fourth-order valence-electron chi connectivity index (χ4n) is 2.14. The van der Waals surface area contributed by atoms with Crippen LogP contribution in [0.3, 0.4) is 0 Å². The first-order valence-corrected chi connectivity index (χ1v) is 6.45. The highest BCUT2D eigenvalue weighted by Crippen LogP contribution is 2.29. The van der Waals surface area contributed by atoms with Crippen LogP contribution < -0.4 is 0 Å². The Morgan fingerprint density at radius 2 is 1.82 bits per heavy atom. The highest BCUT2D eigenvalue weighted by Gasteiger charge is 2.18. The predicted octanol–water partition coefficient (Wildman–Crippen LogP) is 3.42. The monoisotopic (exact) mass is 244 g/mol. The van der Waals surface area contributed by atoms with Crippen LogP contribution in [0.1, 0.15) is 52.9 Å². The minimum absolute atomic E-state index is 0.105. The van der Waals surface area contributed by atoms with E-state index in [0.29, 0.717) is 17.8 Å². The van der Waals surface area contributed by atoms with E-state index in [1.165, 1.54) is 13.5 Å². The van der Waals surface area contributed by atoms with Crippen LogP contribution in [0.4, 0.5) is 0 Å². The molecule has 0 aromatic rings. The summed E-state index contributed by atoms with van der Waals surface area (Å²) >= 11 is 0. The zero-order valence-corrected chi connectivity index (χ0v) is 12.0. The van der Waals surface area contributed by atoms with Crippen molar-refractivity contribution < 1.29 is 14.3 Å². The highest BCUT2D eigenvalue weighted by molar-refractivity contribution is 5.68. The Morgan fingerprint density at radius 3 is 2.29 bits per heavy atom. The molecule has 0 radical (unpaired) electrons. The van der Waals surface area contributed by atoms with Crippen molar-refractivity contribution in [2.75, 3.05) is 20.8 Å². The molecule has 17 heavy (non-hydrogen) atoms. The van der Waals surface area contributed by atoms with Crippen LogP contribution >= 0.6 is 0 Å². The quantitative estimate of drug-likeness (QED) is 0.614. The largest absolute Gasteiger partial charge is 0.469 e. The first kappa shape index (κ1) is 16.4. The molecule has 0 amide bonds. The fraction of sp³-hybridized carbons (Fsp3) is 0.929. The molecule has 0 bridgehead atoms. The summed E-state index contributed by atoms with van der Waals surface area (Å²) in [6, 6.07) is 0. The standard InChI is InChI=1S/C14H28O3/c1-14(2,3)11-12(9-10-16-4)7-6-8-13(15)17-5/h12H,6-11H2,1-5H3/t12-/m0/s1. The van der Waals surface area contributed by atoms with Gasteiger partial charge in [0, 0.05) is 20.1 Å².